The lowest BCUT2D eigenvalue weighted by Crippen LogP contribution is -2.40. The lowest BCUT2D eigenvalue weighted by Gasteiger charge is -2.11. The third kappa shape index (κ3) is 3.61. The smallest absolute Gasteiger partial charge is 0.327 e. The molecular formula is C11H15N3O2. The molecule has 0 spiro atoms. The summed E-state index contributed by atoms with van der Waals surface area (Å²) in [5.41, 5.74) is 1.75. The van der Waals surface area contributed by atoms with E-state index in [0.29, 0.717) is 5.69 Å². The van der Waals surface area contributed by atoms with Crippen LogP contribution in [-0.2, 0) is 0 Å². The van der Waals surface area contributed by atoms with Gasteiger partial charge in [0.15, 0.2) is 0 Å². The minimum atomic E-state index is -0.539. The SMILES string of the molecule is Cc1ccc(NC(=O)NC(=O)N(C)C)cc1. The van der Waals surface area contributed by atoms with Crippen LogP contribution in [0.4, 0.5) is 15.3 Å². The summed E-state index contributed by atoms with van der Waals surface area (Å²) in [6.45, 7) is 1.96. The van der Waals surface area contributed by atoms with Crippen molar-refractivity contribution in [1.29, 1.82) is 0 Å². The number of carbonyl (C=O) groups is 2. The number of hydrogen-bond acceptors (Lipinski definition) is 2. The molecule has 0 aliphatic rings. The maximum atomic E-state index is 11.3. The molecule has 5 heteroatoms. The van der Waals surface area contributed by atoms with Gasteiger partial charge >= 0.3 is 12.1 Å². The van der Waals surface area contributed by atoms with Gasteiger partial charge in [0.2, 0.25) is 0 Å². The van der Waals surface area contributed by atoms with E-state index in [4.69, 9.17) is 0 Å². The first-order valence-corrected chi connectivity index (χ1v) is 4.85. The lowest BCUT2D eigenvalue weighted by atomic mass is 10.2. The highest BCUT2D eigenvalue weighted by molar-refractivity contribution is 6.00. The Kier molecular flexibility index (Phi) is 3.88. The second kappa shape index (κ2) is 5.16. The van der Waals surface area contributed by atoms with Crippen LogP contribution in [0.15, 0.2) is 24.3 Å². The predicted octanol–water partition coefficient (Wildman–Crippen LogP) is 1.80. The van der Waals surface area contributed by atoms with Crippen LogP contribution in [0.3, 0.4) is 0 Å². The standard InChI is InChI=1S/C11H15N3O2/c1-8-4-6-9(7-5-8)12-10(15)13-11(16)14(2)3/h4-7H,1-3H3,(H2,12,13,15,16). The number of nitrogens with one attached hydrogen (secondary N) is 2. The Bertz CT molecular complexity index is 385. The molecule has 2 N–H and O–H groups in total. The molecule has 0 aliphatic heterocycles. The Labute approximate surface area is 94.4 Å². The summed E-state index contributed by atoms with van der Waals surface area (Å²) < 4.78 is 0. The van der Waals surface area contributed by atoms with E-state index in [-0.39, 0.29) is 0 Å². The van der Waals surface area contributed by atoms with Gasteiger partial charge in [-0.3, -0.25) is 5.32 Å². The van der Waals surface area contributed by atoms with Crippen LogP contribution in [0, 0.1) is 6.92 Å². The Morgan fingerprint density at radius 1 is 1.12 bits per heavy atom. The molecule has 0 atom stereocenters. The highest BCUT2D eigenvalue weighted by Gasteiger charge is 2.08. The molecule has 0 heterocycles. The van der Waals surface area contributed by atoms with E-state index in [1.54, 1.807) is 26.2 Å². The quantitative estimate of drug-likeness (QED) is 0.759. The molecule has 0 saturated heterocycles. The number of imide groups is 1. The van der Waals surface area contributed by atoms with Gasteiger partial charge in [0, 0.05) is 19.8 Å². The van der Waals surface area contributed by atoms with Gasteiger partial charge in [-0.05, 0) is 19.1 Å². The van der Waals surface area contributed by atoms with E-state index in [2.05, 4.69) is 10.6 Å². The molecule has 0 saturated carbocycles. The van der Waals surface area contributed by atoms with Crippen molar-refractivity contribution in [2.75, 3.05) is 19.4 Å². The van der Waals surface area contributed by atoms with Gasteiger partial charge in [-0.1, -0.05) is 17.7 Å². The van der Waals surface area contributed by atoms with E-state index < -0.39 is 12.1 Å². The number of aryl methyl sites for hydroxylation is 1. The van der Waals surface area contributed by atoms with Gasteiger partial charge in [0.1, 0.15) is 0 Å². The molecule has 86 valence electrons. The number of amides is 4. The average molecular weight is 221 g/mol. The first kappa shape index (κ1) is 12.0. The predicted molar refractivity (Wildman–Crippen MR) is 62.4 cm³/mol. The van der Waals surface area contributed by atoms with Gasteiger partial charge < -0.3 is 10.2 Å². The summed E-state index contributed by atoms with van der Waals surface area (Å²) in [6.07, 6.45) is 0. The summed E-state index contributed by atoms with van der Waals surface area (Å²) in [5, 5.41) is 4.74. The topological polar surface area (TPSA) is 61.4 Å². The maximum absolute atomic E-state index is 11.3. The summed E-state index contributed by atoms with van der Waals surface area (Å²) in [7, 11) is 3.13. The van der Waals surface area contributed by atoms with Crippen molar-refractivity contribution in [3.63, 3.8) is 0 Å². The minimum absolute atomic E-state index is 0.454. The molecule has 4 amide bonds. The Morgan fingerprint density at radius 3 is 2.19 bits per heavy atom. The van der Waals surface area contributed by atoms with E-state index in [1.165, 1.54) is 4.90 Å². The third-order valence-electron chi connectivity index (χ3n) is 1.94. The number of urea groups is 2. The lowest BCUT2D eigenvalue weighted by molar-refractivity contribution is 0.214. The molecular weight excluding hydrogens is 206 g/mol. The molecule has 0 aliphatic carbocycles. The number of anilines is 1. The second-order valence-electron chi connectivity index (χ2n) is 3.64. The highest BCUT2D eigenvalue weighted by Crippen LogP contribution is 2.07. The molecule has 1 aromatic carbocycles. The number of nitrogens with zero attached hydrogens (tertiary/aromatic N) is 1. The number of benzene rings is 1. The zero-order valence-corrected chi connectivity index (χ0v) is 9.57. The van der Waals surface area contributed by atoms with Crippen LogP contribution in [0.25, 0.3) is 0 Å². The molecule has 0 fully saturated rings. The molecule has 1 rings (SSSR count). The van der Waals surface area contributed by atoms with Crippen molar-refractivity contribution in [3.05, 3.63) is 29.8 Å². The second-order valence-corrected chi connectivity index (χ2v) is 3.64. The van der Waals surface area contributed by atoms with Gasteiger partial charge in [-0.2, -0.15) is 0 Å². The van der Waals surface area contributed by atoms with Crippen LogP contribution in [0.2, 0.25) is 0 Å². The van der Waals surface area contributed by atoms with Crippen LogP contribution in [0.1, 0.15) is 5.56 Å². The monoisotopic (exact) mass is 221 g/mol. The van der Waals surface area contributed by atoms with Crippen LogP contribution in [0.5, 0.6) is 0 Å². The average Bonchev–Trinajstić information content (AvgIpc) is 2.21. The number of hydrogen-bond donors (Lipinski definition) is 2. The molecule has 16 heavy (non-hydrogen) atoms. The van der Waals surface area contributed by atoms with E-state index in [0.717, 1.165) is 5.56 Å². The molecule has 1 aromatic rings. The zero-order valence-electron chi connectivity index (χ0n) is 9.57. The van der Waals surface area contributed by atoms with Gasteiger partial charge in [0.25, 0.3) is 0 Å². The fraction of sp³-hybridized carbons (Fsp3) is 0.273. The molecule has 5 nitrogen and oxygen atoms in total. The summed E-state index contributed by atoms with van der Waals surface area (Å²) in [4.78, 5) is 23.8. The molecule has 0 bridgehead atoms. The van der Waals surface area contributed by atoms with Gasteiger partial charge in [-0.15, -0.1) is 0 Å². The van der Waals surface area contributed by atoms with Crippen molar-refractivity contribution in [1.82, 2.24) is 10.2 Å². The van der Waals surface area contributed by atoms with Gasteiger partial charge in [0.05, 0.1) is 0 Å². The third-order valence-corrected chi connectivity index (χ3v) is 1.94. The van der Waals surface area contributed by atoms with E-state index >= 15 is 0 Å². The van der Waals surface area contributed by atoms with Crippen LogP contribution < -0.4 is 10.6 Å². The first-order valence-electron chi connectivity index (χ1n) is 4.85. The molecule has 0 radical (unpaired) electrons. The fourth-order valence-corrected chi connectivity index (χ4v) is 1.01. The van der Waals surface area contributed by atoms with Crippen molar-refractivity contribution in [2.45, 2.75) is 6.92 Å². The van der Waals surface area contributed by atoms with Crippen molar-refractivity contribution >= 4 is 17.7 Å². The fourth-order valence-electron chi connectivity index (χ4n) is 1.01. The maximum Gasteiger partial charge on any atom is 0.327 e. The van der Waals surface area contributed by atoms with Crippen LogP contribution in [-0.4, -0.2) is 31.1 Å². The van der Waals surface area contributed by atoms with Crippen LogP contribution >= 0.6 is 0 Å². The van der Waals surface area contributed by atoms with Crippen molar-refractivity contribution in [2.24, 2.45) is 0 Å². The Balaban J connectivity index is 2.52. The largest absolute Gasteiger partial charge is 0.331 e. The highest BCUT2D eigenvalue weighted by atomic mass is 16.2. The summed E-state index contributed by atoms with van der Waals surface area (Å²) in [6, 6.07) is 6.31. The van der Waals surface area contributed by atoms with E-state index in [9.17, 15) is 9.59 Å². The first-order chi connectivity index (χ1) is 7.49. The zero-order chi connectivity index (χ0) is 12.1. The van der Waals surface area contributed by atoms with E-state index in [1.807, 2.05) is 19.1 Å². The number of carbonyl (C=O) groups excluding carboxylic acids is 2. The summed E-state index contributed by atoms with van der Waals surface area (Å²) in [5.74, 6) is 0. The van der Waals surface area contributed by atoms with Crippen molar-refractivity contribution < 1.29 is 9.59 Å². The Hall–Kier alpha value is -2.04. The van der Waals surface area contributed by atoms with Gasteiger partial charge in [-0.25, -0.2) is 9.59 Å². The number of rotatable bonds is 1. The van der Waals surface area contributed by atoms with Crippen molar-refractivity contribution in [3.8, 4) is 0 Å². The molecule has 0 unspecified atom stereocenters. The normalized spacial score (nSPS) is 9.44. The summed E-state index contributed by atoms with van der Waals surface area (Å²) >= 11 is 0. The molecule has 0 aromatic heterocycles. The Morgan fingerprint density at radius 2 is 1.69 bits per heavy atom. The minimum Gasteiger partial charge on any atom is -0.331 e.